The van der Waals surface area contributed by atoms with E-state index < -0.39 is 108 Å². The van der Waals surface area contributed by atoms with Crippen LogP contribution in [0.5, 0.6) is 0 Å². The average Bonchev–Trinajstić information content (AvgIpc) is 3.13. The summed E-state index contributed by atoms with van der Waals surface area (Å²) < 4.78 is 0. The third-order valence-corrected chi connectivity index (χ3v) is 8.35. The summed E-state index contributed by atoms with van der Waals surface area (Å²) in [6.45, 7) is 4.52. The Balaban J connectivity index is 3.67. The maximum atomic E-state index is 13.6. The Morgan fingerprint density at radius 2 is 1.37 bits per heavy atom. The normalized spacial score (nSPS) is 24.4. The Hall–Kier alpha value is -5.23. The fourth-order valence-corrected chi connectivity index (χ4v) is 5.49. The summed E-state index contributed by atoms with van der Waals surface area (Å²) in [5.74, 6) is -7.65. The van der Waals surface area contributed by atoms with Crippen molar-refractivity contribution in [2.24, 2.45) is 28.9 Å². The second-order valence-electron chi connectivity index (χ2n) is 13.8. The zero-order valence-corrected chi connectivity index (χ0v) is 32.9. The van der Waals surface area contributed by atoms with Gasteiger partial charge in [-0.3, -0.25) is 43.2 Å². The maximum Gasteiger partial charge on any atom is 0.267 e. The van der Waals surface area contributed by atoms with E-state index in [9.17, 15) is 48.3 Å². The number of hydrogen-bond donors (Lipinski definition) is 14. The zero-order chi connectivity index (χ0) is 43.2. The van der Waals surface area contributed by atoms with Crippen molar-refractivity contribution in [2.75, 3.05) is 39.3 Å². The minimum atomic E-state index is -1.59. The molecule has 0 aromatic heterocycles. The molecule has 0 radical (unpaired) electrons. The van der Waals surface area contributed by atoms with E-state index in [2.05, 4.69) is 47.9 Å². The van der Waals surface area contributed by atoms with Crippen LogP contribution >= 0.6 is 0 Å². The number of aliphatic hydroxyl groups excluding tert-OH is 1. The van der Waals surface area contributed by atoms with Crippen molar-refractivity contribution in [1.29, 1.82) is 0 Å². The van der Waals surface area contributed by atoms with Crippen molar-refractivity contribution in [2.45, 2.75) is 102 Å². The van der Waals surface area contributed by atoms with Gasteiger partial charge in [0.1, 0.15) is 41.9 Å². The first-order chi connectivity index (χ1) is 26.9. The van der Waals surface area contributed by atoms with Gasteiger partial charge in [0.25, 0.3) is 5.91 Å². The Bertz CT molecular complexity index is 1460. The molecule has 0 aromatic carbocycles. The fourth-order valence-electron chi connectivity index (χ4n) is 5.49. The molecule has 23 heteroatoms. The summed E-state index contributed by atoms with van der Waals surface area (Å²) in [6, 6.07) is -8.03. The lowest BCUT2D eigenvalue weighted by atomic mass is 10.0. The van der Waals surface area contributed by atoms with Crippen LogP contribution in [0, 0.1) is 5.92 Å². The number of rotatable bonds is 13. The monoisotopic (exact) mass is 811 g/mol. The van der Waals surface area contributed by atoms with E-state index in [1.54, 1.807) is 13.8 Å². The Morgan fingerprint density at radius 1 is 0.789 bits per heavy atom. The van der Waals surface area contributed by atoms with E-state index in [1.165, 1.54) is 13.8 Å². The summed E-state index contributed by atoms with van der Waals surface area (Å²) in [7, 11) is 0. The second kappa shape index (κ2) is 25.8. The number of carbonyl (C=O) groups is 9. The summed E-state index contributed by atoms with van der Waals surface area (Å²) in [5.41, 5.74) is 22.3. The van der Waals surface area contributed by atoms with Gasteiger partial charge < -0.3 is 75.9 Å². The summed E-state index contributed by atoms with van der Waals surface area (Å²) in [4.78, 5) is 118. The van der Waals surface area contributed by atoms with E-state index in [0.29, 0.717) is 0 Å². The van der Waals surface area contributed by atoms with Gasteiger partial charge in [-0.25, -0.2) is 0 Å². The molecule has 57 heavy (non-hydrogen) atoms. The first kappa shape index (κ1) is 49.8. The Morgan fingerprint density at radius 3 is 1.88 bits per heavy atom. The quantitative estimate of drug-likeness (QED) is 0.0769. The SMILES string of the molecule is CC(=O)N[C@@H](CCN)C(=O)N[C@H]1CCNC(=O)[C@H]([C@@H](C)O)NC(=O)[C@H](CCN)NC(=O)[C@H](CCN)NC(=O)[C@H](CC(C)C)NC(=O)CNC(=O)/C(=C\CN)NC1=O. The van der Waals surface area contributed by atoms with E-state index >= 15 is 0 Å². The van der Waals surface area contributed by atoms with Crippen LogP contribution in [0.4, 0.5) is 0 Å². The number of hydrogen-bond acceptors (Lipinski definition) is 14. The molecule has 0 bridgehead atoms. The van der Waals surface area contributed by atoms with Gasteiger partial charge in [0.2, 0.25) is 47.3 Å². The molecule has 1 aliphatic heterocycles. The van der Waals surface area contributed by atoms with Gasteiger partial charge in [-0.1, -0.05) is 13.8 Å². The topological polar surface area (TPSA) is 386 Å². The summed E-state index contributed by atoms with van der Waals surface area (Å²) in [6.07, 6.45) is -0.763. The van der Waals surface area contributed by atoms with Crippen molar-refractivity contribution in [1.82, 2.24) is 47.9 Å². The molecule has 322 valence electrons. The number of amides is 9. The van der Waals surface area contributed by atoms with Crippen LogP contribution in [0.1, 0.15) is 59.8 Å². The maximum absolute atomic E-state index is 13.6. The van der Waals surface area contributed by atoms with Crippen LogP contribution in [0.25, 0.3) is 0 Å². The molecule has 0 aromatic rings. The van der Waals surface area contributed by atoms with Crippen molar-refractivity contribution in [3.05, 3.63) is 11.8 Å². The predicted molar refractivity (Wildman–Crippen MR) is 205 cm³/mol. The van der Waals surface area contributed by atoms with E-state index in [4.69, 9.17) is 22.9 Å². The average molecular weight is 812 g/mol. The molecule has 1 aliphatic rings. The largest absolute Gasteiger partial charge is 0.391 e. The number of nitrogens with one attached hydrogen (secondary N) is 9. The lowest BCUT2D eigenvalue weighted by Gasteiger charge is -2.27. The van der Waals surface area contributed by atoms with Crippen LogP contribution in [0.15, 0.2) is 11.8 Å². The third-order valence-electron chi connectivity index (χ3n) is 8.35. The third kappa shape index (κ3) is 18.1. The molecule has 0 spiro atoms. The summed E-state index contributed by atoms with van der Waals surface area (Å²) >= 11 is 0. The van der Waals surface area contributed by atoms with Crippen LogP contribution < -0.4 is 70.8 Å². The Kier molecular flexibility index (Phi) is 22.6. The first-order valence-electron chi connectivity index (χ1n) is 18.7. The van der Waals surface area contributed by atoms with Crippen molar-refractivity contribution in [3.8, 4) is 0 Å². The van der Waals surface area contributed by atoms with Gasteiger partial charge in [0, 0.05) is 20.0 Å². The van der Waals surface area contributed by atoms with Gasteiger partial charge in [-0.15, -0.1) is 0 Å². The van der Waals surface area contributed by atoms with E-state index in [1.807, 2.05) is 0 Å². The van der Waals surface area contributed by atoms with Crippen LogP contribution in [-0.2, 0) is 43.2 Å². The van der Waals surface area contributed by atoms with Crippen molar-refractivity contribution in [3.63, 3.8) is 0 Å². The highest BCUT2D eigenvalue weighted by Crippen LogP contribution is 2.08. The van der Waals surface area contributed by atoms with Gasteiger partial charge >= 0.3 is 0 Å². The fraction of sp³-hybridized carbons (Fsp3) is 0.676. The van der Waals surface area contributed by atoms with Crippen LogP contribution in [0.2, 0.25) is 0 Å². The van der Waals surface area contributed by atoms with Gasteiger partial charge in [-0.2, -0.15) is 0 Å². The molecule has 9 amide bonds. The highest BCUT2D eigenvalue weighted by atomic mass is 16.3. The van der Waals surface area contributed by atoms with E-state index in [-0.39, 0.29) is 70.7 Å². The smallest absolute Gasteiger partial charge is 0.267 e. The molecule has 1 heterocycles. The van der Waals surface area contributed by atoms with Gasteiger partial charge in [0.15, 0.2) is 0 Å². The van der Waals surface area contributed by atoms with Gasteiger partial charge in [0.05, 0.1) is 12.6 Å². The number of carbonyl (C=O) groups excluding carboxylic acids is 9. The van der Waals surface area contributed by atoms with Crippen molar-refractivity contribution < 1.29 is 48.3 Å². The molecule has 1 saturated heterocycles. The second-order valence-corrected chi connectivity index (χ2v) is 13.8. The minimum absolute atomic E-state index is 0.00594. The predicted octanol–water partition coefficient (Wildman–Crippen LogP) is -7.02. The molecule has 0 unspecified atom stereocenters. The number of aliphatic hydroxyl groups is 1. The molecule has 0 saturated carbocycles. The molecule has 23 nitrogen and oxygen atoms in total. The molecular formula is C34H61N13O10. The highest BCUT2D eigenvalue weighted by Gasteiger charge is 2.33. The number of nitrogens with two attached hydrogens (primary N) is 4. The zero-order valence-electron chi connectivity index (χ0n) is 32.9. The standard InChI is InChI=1S/C34H61N13O10/c1-17(2)15-25-33(56)45-22(7-12-37)30(53)44-23(8-13-38)32(55)47-27(18(3)48)34(57)39-14-9-24(46-29(52)21(6-11-36)41-19(4)49)31(54)43-20(5-10-35)28(51)40-16-26(50)42-25/h5,17-18,21-25,27,48H,6-16,35-38H2,1-4H3,(H,39,57)(H,40,51)(H,41,49)(H,42,50)(H,43,54)(H,44,53)(H,45,56)(H,46,52)(H,47,55)/b20-5+/t18-,21+,22+,23+,24+,25+,27+/m1/s1. The van der Waals surface area contributed by atoms with Crippen LogP contribution in [0.3, 0.4) is 0 Å². The lowest BCUT2D eigenvalue weighted by molar-refractivity contribution is -0.135. The molecule has 0 aliphatic carbocycles. The van der Waals surface area contributed by atoms with Crippen molar-refractivity contribution >= 4 is 53.2 Å². The minimum Gasteiger partial charge on any atom is -0.391 e. The van der Waals surface area contributed by atoms with Crippen LogP contribution in [-0.4, -0.2) is 140 Å². The Labute approximate surface area is 331 Å². The lowest BCUT2D eigenvalue weighted by Crippen LogP contribution is -2.60. The van der Waals surface area contributed by atoms with Gasteiger partial charge in [-0.05, 0) is 70.7 Å². The van der Waals surface area contributed by atoms with E-state index in [0.717, 1.165) is 6.08 Å². The molecule has 18 N–H and O–H groups in total. The first-order valence-corrected chi connectivity index (χ1v) is 18.7. The summed E-state index contributed by atoms with van der Waals surface area (Å²) in [5, 5.41) is 32.5. The molecular weight excluding hydrogens is 750 g/mol. The highest BCUT2D eigenvalue weighted by molar-refractivity contribution is 6.01. The molecule has 1 fully saturated rings. The molecule has 1 rings (SSSR count). The molecule has 7 atom stereocenters.